The minimum atomic E-state index is -0.122. The van der Waals surface area contributed by atoms with Gasteiger partial charge in [0, 0.05) is 16.4 Å². The van der Waals surface area contributed by atoms with Gasteiger partial charge in [0.2, 0.25) is 0 Å². The van der Waals surface area contributed by atoms with Crippen LogP contribution in [0.15, 0.2) is 51.6 Å². The van der Waals surface area contributed by atoms with Crippen LogP contribution in [0.1, 0.15) is 75.6 Å². The third kappa shape index (κ3) is 6.80. The molecule has 0 radical (unpaired) electrons. The molecule has 30 heavy (non-hydrogen) atoms. The van der Waals surface area contributed by atoms with E-state index in [1.807, 2.05) is 26.1 Å². The number of fused-ring (bicyclic) bond motifs is 1. The maximum Gasteiger partial charge on any atom is 0.126 e. The van der Waals surface area contributed by atoms with Crippen molar-refractivity contribution in [1.29, 1.82) is 0 Å². The average Bonchev–Trinajstić information content (AvgIpc) is 2.73. The minimum Gasteiger partial charge on any atom is -0.493 e. The lowest BCUT2D eigenvalue weighted by Crippen LogP contribution is -2.10. The molecule has 0 aliphatic carbocycles. The molecule has 1 aliphatic heterocycles. The molecular weight excluding hydrogens is 441 g/mol. The van der Waals surface area contributed by atoms with Crippen LogP contribution >= 0.6 is 15.9 Å². The number of hydrogen-bond acceptors (Lipinski definition) is 2. The monoisotopic (exact) mass is 473 g/mol. The van der Waals surface area contributed by atoms with E-state index in [4.69, 9.17) is 4.74 Å². The van der Waals surface area contributed by atoms with Gasteiger partial charge in [-0.25, -0.2) is 4.39 Å². The van der Waals surface area contributed by atoms with Crippen LogP contribution in [0.5, 0.6) is 5.75 Å². The Balaban J connectivity index is 0.000000248. The van der Waals surface area contributed by atoms with E-state index in [1.165, 1.54) is 28.3 Å². The van der Waals surface area contributed by atoms with E-state index in [1.54, 1.807) is 6.07 Å². The SMILES string of the molecule is CC(C)c1cc(Br)ccc1F.CC/C(C)=C/N=C(C)c1cc2c(cc1C)OCCC2. The lowest BCUT2D eigenvalue weighted by Gasteiger charge is -2.19. The first-order valence-corrected chi connectivity index (χ1v) is 11.4. The summed E-state index contributed by atoms with van der Waals surface area (Å²) in [6, 6.07) is 9.41. The van der Waals surface area contributed by atoms with Crippen LogP contribution in [0.3, 0.4) is 0 Å². The zero-order valence-corrected chi connectivity index (χ0v) is 20.6. The second kappa shape index (κ2) is 11.5. The predicted molar refractivity (Wildman–Crippen MR) is 129 cm³/mol. The van der Waals surface area contributed by atoms with Crippen LogP contribution in [-0.2, 0) is 6.42 Å². The Kier molecular flexibility index (Phi) is 9.29. The smallest absolute Gasteiger partial charge is 0.126 e. The molecule has 0 unspecified atom stereocenters. The molecule has 4 heteroatoms. The van der Waals surface area contributed by atoms with Crippen LogP contribution in [0.2, 0.25) is 0 Å². The van der Waals surface area contributed by atoms with Crippen LogP contribution in [0.4, 0.5) is 4.39 Å². The van der Waals surface area contributed by atoms with Crippen molar-refractivity contribution in [3.05, 3.63) is 74.6 Å². The normalized spacial score (nSPS) is 14.0. The van der Waals surface area contributed by atoms with Crippen molar-refractivity contribution in [3.8, 4) is 5.75 Å². The Morgan fingerprint density at radius 1 is 1.23 bits per heavy atom. The quantitative estimate of drug-likeness (QED) is 0.410. The van der Waals surface area contributed by atoms with E-state index in [2.05, 4.69) is 60.8 Å². The average molecular weight is 474 g/mol. The van der Waals surface area contributed by atoms with Crippen molar-refractivity contribution >= 4 is 21.6 Å². The summed E-state index contributed by atoms with van der Waals surface area (Å²) in [5, 5.41) is 0. The number of benzene rings is 2. The Morgan fingerprint density at radius 3 is 2.60 bits per heavy atom. The molecule has 0 atom stereocenters. The molecular formula is C26H33BrFNO. The highest BCUT2D eigenvalue weighted by atomic mass is 79.9. The van der Waals surface area contributed by atoms with E-state index < -0.39 is 0 Å². The Morgan fingerprint density at radius 2 is 1.97 bits per heavy atom. The van der Waals surface area contributed by atoms with Gasteiger partial charge in [-0.15, -0.1) is 0 Å². The third-order valence-corrected chi connectivity index (χ3v) is 5.75. The molecule has 2 aromatic rings. The van der Waals surface area contributed by atoms with Crippen LogP contribution in [-0.4, -0.2) is 12.3 Å². The first-order valence-electron chi connectivity index (χ1n) is 10.6. The molecule has 3 rings (SSSR count). The zero-order valence-electron chi connectivity index (χ0n) is 19.0. The largest absolute Gasteiger partial charge is 0.493 e. The summed E-state index contributed by atoms with van der Waals surface area (Å²) >= 11 is 3.30. The molecule has 0 saturated carbocycles. The van der Waals surface area contributed by atoms with Gasteiger partial charge in [-0.05, 0) is 98.5 Å². The summed E-state index contributed by atoms with van der Waals surface area (Å²) < 4.78 is 19.6. The van der Waals surface area contributed by atoms with E-state index >= 15 is 0 Å². The Labute approximate surface area is 189 Å². The summed E-state index contributed by atoms with van der Waals surface area (Å²) in [7, 11) is 0. The van der Waals surface area contributed by atoms with E-state index in [9.17, 15) is 4.39 Å². The lowest BCUT2D eigenvalue weighted by atomic mass is 9.97. The van der Waals surface area contributed by atoms with Gasteiger partial charge in [-0.1, -0.05) is 42.3 Å². The molecule has 2 nitrogen and oxygen atoms in total. The Bertz CT molecular complexity index is 931. The molecule has 0 aromatic heterocycles. The molecule has 2 aromatic carbocycles. The standard InChI is InChI=1S/C17H23NO.C9H10BrF/c1-5-12(2)11-18-14(4)16-10-15-7-6-8-19-17(15)9-13(16)3;1-6(2)8-5-7(10)3-4-9(8)11/h9-11H,5-8H2,1-4H3;3-6H,1-2H3/b12-11+,18-14?;. The molecule has 0 fully saturated rings. The highest BCUT2D eigenvalue weighted by Crippen LogP contribution is 2.28. The molecule has 0 bridgehead atoms. The number of aliphatic imine (C=N–C) groups is 1. The maximum atomic E-state index is 13.0. The van der Waals surface area contributed by atoms with Crippen LogP contribution in [0, 0.1) is 12.7 Å². The molecule has 0 spiro atoms. The van der Waals surface area contributed by atoms with E-state index in [-0.39, 0.29) is 11.7 Å². The van der Waals surface area contributed by atoms with Crippen molar-refractivity contribution < 1.29 is 9.13 Å². The second-order valence-corrected chi connectivity index (χ2v) is 9.01. The van der Waals surface area contributed by atoms with Crippen molar-refractivity contribution in [2.24, 2.45) is 4.99 Å². The molecule has 1 heterocycles. The van der Waals surface area contributed by atoms with Gasteiger partial charge in [-0.2, -0.15) is 0 Å². The van der Waals surface area contributed by atoms with Crippen molar-refractivity contribution in [2.75, 3.05) is 6.61 Å². The fourth-order valence-electron chi connectivity index (χ4n) is 3.22. The van der Waals surface area contributed by atoms with Crippen molar-refractivity contribution in [1.82, 2.24) is 0 Å². The molecule has 162 valence electrons. The number of ether oxygens (including phenoxy) is 1. The molecule has 1 aliphatic rings. The van der Waals surface area contributed by atoms with Gasteiger partial charge in [0.25, 0.3) is 0 Å². The first kappa shape index (κ1) is 24.3. The van der Waals surface area contributed by atoms with Crippen molar-refractivity contribution in [2.45, 2.75) is 66.7 Å². The van der Waals surface area contributed by atoms with Gasteiger partial charge < -0.3 is 4.74 Å². The number of hydrogen-bond donors (Lipinski definition) is 0. The highest BCUT2D eigenvalue weighted by molar-refractivity contribution is 9.10. The molecule has 0 saturated heterocycles. The third-order valence-electron chi connectivity index (χ3n) is 5.26. The van der Waals surface area contributed by atoms with Crippen LogP contribution < -0.4 is 4.74 Å². The fraction of sp³-hybridized carbons (Fsp3) is 0.423. The van der Waals surface area contributed by atoms with Gasteiger partial charge in [0.15, 0.2) is 0 Å². The summed E-state index contributed by atoms with van der Waals surface area (Å²) in [5.41, 5.74) is 6.95. The molecule has 0 amide bonds. The van der Waals surface area contributed by atoms with Gasteiger partial charge in [0.05, 0.1) is 6.61 Å². The van der Waals surface area contributed by atoms with Gasteiger partial charge >= 0.3 is 0 Å². The summed E-state index contributed by atoms with van der Waals surface area (Å²) in [6.07, 6.45) is 5.25. The van der Waals surface area contributed by atoms with E-state index in [0.717, 1.165) is 47.4 Å². The summed E-state index contributed by atoms with van der Waals surface area (Å²) in [5.74, 6) is 1.18. The number of rotatable bonds is 4. The summed E-state index contributed by atoms with van der Waals surface area (Å²) in [4.78, 5) is 4.59. The summed E-state index contributed by atoms with van der Waals surface area (Å²) in [6.45, 7) is 13.3. The predicted octanol–water partition coefficient (Wildman–Crippen LogP) is 8.15. The number of aryl methyl sites for hydroxylation is 2. The van der Waals surface area contributed by atoms with E-state index in [0.29, 0.717) is 0 Å². The minimum absolute atomic E-state index is 0.122. The van der Waals surface area contributed by atoms with Gasteiger partial charge in [0.1, 0.15) is 11.6 Å². The number of allylic oxidation sites excluding steroid dienone is 1. The highest BCUT2D eigenvalue weighted by Gasteiger charge is 2.13. The van der Waals surface area contributed by atoms with Crippen LogP contribution in [0.25, 0.3) is 0 Å². The zero-order chi connectivity index (χ0) is 22.3. The lowest BCUT2D eigenvalue weighted by molar-refractivity contribution is 0.288. The maximum absolute atomic E-state index is 13.0. The topological polar surface area (TPSA) is 21.6 Å². The first-order chi connectivity index (χ1) is 14.2. The fourth-order valence-corrected chi connectivity index (χ4v) is 3.59. The second-order valence-electron chi connectivity index (χ2n) is 8.09. The molecule has 0 N–H and O–H groups in total. The van der Waals surface area contributed by atoms with Crippen molar-refractivity contribution in [3.63, 3.8) is 0 Å². The Hall–Kier alpha value is -1.94. The number of halogens is 2. The number of nitrogens with zero attached hydrogens (tertiary/aromatic N) is 1. The van der Waals surface area contributed by atoms with Gasteiger partial charge in [-0.3, -0.25) is 4.99 Å².